The molecule has 124 valence electrons. The number of rotatable bonds is 1. The van der Waals surface area contributed by atoms with Gasteiger partial charge in [-0.1, -0.05) is 13.0 Å². The second-order valence-corrected chi connectivity index (χ2v) is 8.79. The Bertz CT molecular complexity index is 663. The first-order valence-corrected chi connectivity index (χ1v) is 9.16. The molecule has 2 aliphatic rings. The molecule has 1 aromatic rings. The predicted molar refractivity (Wildman–Crippen MR) is 100 cm³/mol. The minimum absolute atomic E-state index is 0.0601. The van der Waals surface area contributed by atoms with Crippen LogP contribution in [0.3, 0.4) is 0 Å². The molecular weight excluding hydrogens is 403 g/mol. The van der Waals surface area contributed by atoms with Gasteiger partial charge in [-0.25, -0.2) is 4.79 Å². The van der Waals surface area contributed by atoms with Crippen molar-refractivity contribution in [3.8, 4) is 0 Å². The van der Waals surface area contributed by atoms with Crippen molar-refractivity contribution >= 4 is 40.1 Å². The van der Waals surface area contributed by atoms with Gasteiger partial charge >= 0.3 is 6.09 Å². The van der Waals surface area contributed by atoms with Crippen LogP contribution in [0.5, 0.6) is 0 Å². The van der Waals surface area contributed by atoms with Crippen LogP contribution in [0.15, 0.2) is 23.2 Å². The van der Waals surface area contributed by atoms with Gasteiger partial charge in [0, 0.05) is 22.2 Å². The van der Waals surface area contributed by atoms with Crippen molar-refractivity contribution < 1.29 is 9.53 Å². The fourth-order valence-electron chi connectivity index (χ4n) is 3.26. The van der Waals surface area contributed by atoms with E-state index in [1.807, 2.05) is 25.7 Å². The highest BCUT2D eigenvalue weighted by Crippen LogP contribution is 2.34. The molecule has 0 saturated carbocycles. The van der Waals surface area contributed by atoms with Crippen LogP contribution in [0.1, 0.15) is 39.7 Å². The highest BCUT2D eigenvalue weighted by atomic mass is 127. The molecule has 2 heterocycles. The fourth-order valence-corrected chi connectivity index (χ4v) is 3.73. The van der Waals surface area contributed by atoms with Gasteiger partial charge in [0.15, 0.2) is 0 Å². The number of benzene rings is 1. The van der Waals surface area contributed by atoms with Crippen LogP contribution in [0.2, 0.25) is 0 Å². The van der Waals surface area contributed by atoms with Gasteiger partial charge in [-0.3, -0.25) is 9.89 Å². The third-order valence-electron chi connectivity index (χ3n) is 4.21. The molecule has 0 aromatic heterocycles. The summed E-state index contributed by atoms with van der Waals surface area (Å²) in [5, 5.41) is 0. The highest BCUT2D eigenvalue weighted by molar-refractivity contribution is 14.1. The van der Waals surface area contributed by atoms with Gasteiger partial charge in [0.1, 0.15) is 5.60 Å². The lowest BCUT2D eigenvalue weighted by molar-refractivity contribution is 0.0260. The van der Waals surface area contributed by atoms with Crippen LogP contribution in [-0.4, -0.2) is 34.9 Å². The Balaban J connectivity index is 1.81. The summed E-state index contributed by atoms with van der Waals surface area (Å²) in [6.45, 7) is 8.65. The number of halogens is 1. The first-order valence-electron chi connectivity index (χ1n) is 8.08. The quantitative estimate of drug-likeness (QED) is 0.618. The van der Waals surface area contributed by atoms with E-state index in [-0.39, 0.29) is 12.1 Å². The Morgan fingerprint density at radius 1 is 1.39 bits per heavy atom. The van der Waals surface area contributed by atoms with Gasteiger partial charge in [0.25, 0.3) is 0 Å². The summed E-state index contributed by atoms with van der Waals surface area (Å²) < 4.78 is 6.78. The highest BCUT2D eigenvalue weighted by Gasteiger charge is 2.39. The molecular formula is C18H23IN2O2. The summed E-state index contributed by atoms with van der Waals surface area (Å²) in [7, 11) is 0. The summed E-state index contributed by atoms with van der Waals surface area (Å²) in [6, 6.07) is 6.42. The molecule has 5 heteroatoms. The molecule has 1 amide bonds. The molecule has 0 N–H and O–H groups in total. The van der Waals surface area contributed by atoms with Crippen molar-refractivity contribution in [3.05, 3.63) is 27.3 Å². The average molecular weight is 426 g/mol. The molecule has 2 aliphatic heterocycles. The van der Waals surface area contributed by atoms with Gasteiger partial charge in [-0.2, -0.15) is 0 Å². The van der Waals surface area contributed by atoms with Crippen molar-refractivity contribution in [2.45, 2.75) is 52.2 Å². The molecule has 4 nitrogen and oxygen atoms in total. The number of ether oxygens (including phenoxy) is 1. The van der Waals surface area contributed by atoms with Crippen molar-refractivity contribution in [1.82, 2.24) is 4.90 Å². The first-order chi connectivity index (χ1) is 10.7. The van der Waals surface area contributed by atoms with Gasteiger partial charge in [-0.05, 0) is 73.4 Å². The topological polar surface area (TPSA) is 41.9 Å². The molecule has 0 unspecified atom stereocenters. The molecule has 1 saturated heterocycles. The SMILES string of the molecule is C[C@H]1C[C@@H](C2=Nc3cc(I)ccc3C2)N(C(=O)OC(C)(C)C)C1. The lowest BCUT2D eigenvalue weighted by Crippen LogP contribution is -2.43. The Morgan fingerprint density at radius 3 is 2.83 bits per heavy atom. The maximum absolute atomic E-state index is 12.5. The second-order valence-electron chi connectivity index (χ2n) is 7.54. The lowest BCUT2D eigenvalue weighted by atomic mass is 10.0. The van der Waals surface area contributed by atoms with Crippen LogP contribution in [0, 0.1) is 9.49 Å². The number of carbonyl (C=O) groups is 1. The maximum atomic E-state index is 12.5. The molecule has 2 atom stereocenters. The van der Waals surface area contributed by atoms with E-state index in [2.05, 4.69) is 47.7 Å². The largest absolute Gasteiger partial charge is 0.444 e. The first kappa shape index (κ1) is 16.7. The maximum Gasteiger partial charge on any atom is 0.410 e. The molecule has 0 spiro atoms. The molecule has 0 radical (unpaired) electrons. The zero-order valence-electron chi connectivity index (χ0n) is 14.1. The van der Waals surface area contributed by atoms with E-state index in [4.69, 9.17) is 9.73 Å². The van der Waals surface area contributed by atoms with Crippen molar-refractivity contribution in [1.29, 1.82) is 0 Å². The van der Waals surface area contributed by atoms with E-state index in [1.165, 1.54) is 9.13 Å². The molecule has 3 rings (SSSR count). The smallest absolute Gasteiger partial charge is 0.410 e. The van der Waals surface area contributed by atoms with E-state index < -0.39 is 5.60 Å². The summed E-state index contributed by atoms with van der Waals surface area (Å²) in [5.74, 6) is 0.471. The Hall–Kier alpha value is -1.11. The van der Waals surface area contributed by atoms with Gasteiger partial charge in [0.05, 0.1) is 11.7 Å². The molecule has 1 aromatic carbocycles. The minimum atomic E-state index is -0.468. The fraction of sp³-hybridized carbons (Fsp3) is 0.556. The zero-order chi connectivity index (χ0) is 16.8. The zero-order valence-corrected chi connectivity index (χ0v) is 16.3. The van der Waals surface area contributed by atoms with E-state index >= 15 is 0 Å². The number of amides is 1. The number of likely N-dealkylation sites (tertiary alicyclic amines) is 1. The summed E-state index contributed by atoms with van der Waals surface area (Å²) in [6.07, 6.45) is 1.58. The third-order valence-corrected chi connectivity index (χ3v) is 4.88. The number of hydrogen-bond donors (Lipinski definition) is 0. The van der Waals surface area contributed by atoms with Crippen LogP contribution >= 0.6 is 22.6 Å². The minimum Gasteiger partial charge on any atom is -0.444 e. The number of carbonyl (C=O) groups excluding carboxylic acids is 1. The van der Waals surface area contributed by atoms with E-state index in [0.29, 0.717) is 5.92 Å². The third kappa shape index (κ3) is 3.70. The van der Waals surface area contributed by atoms with Crippen molar-refractivity contribution in [3.63, 3.8) is 0 Å². The van der Waals surface area contributed by atoms with E-state index in [1.54, 1.807) is 0 Å². The van der Waals surface area contributed by atoms with Crippen LogP contribution in [0.4, 0.5) is 10.5 Å². The Labute approximate surface area is 151 Å². The van der Waals surface area contributed by atoms with E-state index in [9.17, 15) is 4.79 Å². The predicted octanol–water partition coefficient (Wildman–Crippen LogP) is 4.57. The Morgan fingerprint density at radius 2 is 2.13 bits per heavy atom. The van der Waals surface area contributed by atoms with Crippen LogP contribution in [-0.2, 0) is 11.2 Å². The van der Waals surface area contributed by atoms with Gasteiger partial charge in [0.2, 0.25) is 0 Å². The monoisotopic (exact) mass is 426 g/mol. The lowest BCUT2D eigenvalue weighted by Gasteiger charge is -2.28. The molecule has 0 aliphatic carbocycles. The summed E-state index contributed by atoms with van der Waals surface area (Å²) >= 11 is 2.31. The van der Waals surface area contributed by atoms with Crippen molar-refractivity contribution in [2.75, 3.05) is 6.54 Å². The average Bonchev–Trinajstić information content (AvgIpc) is 2.99. The Kier molecular flexibility index (Phi) is 4.42. The molecule has 0 bridgehead atoms. The van der Waals surface area contributed by atoms with Gasteiger partial charge in [-0.15, -0.1) is 0 Å². The molecule has 1 fully saturated rings. The van der Waals surface area contributed by atoms with Crippen LogP contribution in [0.25, 0.3) is 0 Å². The summed E-state index contributed by atoms with van der Waals surface area (Å²) in [4.78, 5) is 19.2. The number of nitrogens with zero attached hydrogens (tertiary/aromatic N) is 2. The molecule has 23 heavy (non-hydrogen) atoms. The van der Waals surface area contributed by atoms with Crippen LogP contribution < -0.4 is 0 Å². The van der Waals surface area contributed by atoms with E-state index in [0.717, 1.165) is 30.8 Å². The standard InChI is InChI=1S/C18H23IN2O2/c1-11-7-16(21(10-11)17(22)23-18(2,3)4)15-8-12-5-6-13(19)9-14(12)20-15/h5-6,9,11,16H,7-8,10H2,1-4H3/t11-,16-/m0/s1. The summed E-state index contributed by atoms with van der Waals surface area (Å²) in [5.41, 5.74) is 2.93. The number of hydrogen-bond acceptors (Lipinski definition) is 3. The van der Waals surface area contributed by atoms with Crippen molar-refractivity contribution in [2.24, 2.45) is 10.9 Å². The normalized spacial score (nSPS) is 23.7. The number of aliphatic imine (C=N–C) groups is 1. The number of fused-ring (bicyclic) bond motifs is 1. The second kappa shape index (κ2) is 6.07. The van der Waals surface area contributed by atoms with Gasteiger partial charge < -0.3 is 4.74 Å².